The molecular formula is C15H21N3O3. The van der Waals surface area contributed by atoms with Crippen molar-refractivity contribution in [3.05, 3.63) is 39.4 Å². The molecular weight excluding hydrogens is 270 g/mol. The average Bonchev–Trinajstić information content (AvgIpc) is 2.37. The standard InChI is InChI=1S/C15H21N3O3/c1-9(2)14(10(3)4)16-17-15(19)12-7-6-11(5)13(8-12)18(20)21/h6-10H,1-5H3,(H,17,19). The van der Waals surface area contributed by atoms with Crippen LogP contribution >= 0.6 is 0 Å². The van der Waals surface area contributed by atoms with Gasteiger partial charge in [0.05, 0.1) is 4.92 Å². The van der Waals surface area contributed by atoms with Crippen LogP contribution in [-0.4, -0.2) is 16.5 Å². The first-order valence-electron chi connectivity index (χ1n) is 6.86. The Morgan fingerprint density at radius 2 is 1.81 bits per heavy atom. The van der Waals surface area contributed by atoms with Gasteiger partial charge < -0.3 is 0 Å². The summed E-state index contributed by atoms with van der Waals surface area (Å²) in [5.41, 5.74) is 4.03. The van der Waals surface area contributed by atoms with Gasteiger partial charge in [0.2, 0.25) is 0 Å². The third-order valence-corrected chi connectivity index (χ3v) is 3.14. The summed E-state index contributed by atoms with van der Waals surface area (Å²) < 4.78 is 0. The molecule has 6 heteroatoms. The van der Waals surface area contributed by atoms with Gasteiger partial charge in [-0.05, 0) is 24.8 Å². The number of nitro benzene ring substituents is 1. The highest BCUT2D eigenvalue weighted by atomic mass is 16.6. The second kappa shape index (κ2) is 6.97. The molecule has 0 aliphatic heterocycles. The van der Waals surface area contributed by atoms with Gasteiger partial charge in [-0.25, -0.2) is 5.43 Å². The van der Waals surface area contributed by atoms with Gasteiger partial charge in [0.15, 0.2) is 0 Å². The Hall–Kier alpha value is -2.24. The van der Waals surface area contributed by atoms with Gasteiger partial charge in [-0.1, -0.05) is 33.8 Å². The van der Waals surface area contributed by atoms with Crippen molar-refractivity contribution < 1.29 is 9.72 Å². The molecule has 114 valence electrons. The number of carbonyl (C=O) groups is 1. The van der Waals surface area contributed by atoms with Crippen LogP contribution in [0.15, 0.2) is 23.3 Å². The quantitative estimate of drug-likeness (QED) is 0.513. The minimum Gasteiger partial charge on any atom is -0.267 e. The van der Waals surface area contributed by atoms with Crippen molar-refractivity contribution in [3.8, 4) is 0 Å². The third kappa shape index (κ3) is 4.37. The molecule has 0 bridgehead atoms. The topological polar surface area (TPSA) is 84.6 Å². The molecule has 0 spiro atoms. The van der Waals surface area contributed by atoms with Gasteiger partial charge in [0, 0.05) is 22.9 Å². The van der Waals surface area contributed by atoms with E-state index in [0.717, 1.165) is 5.71 Å². The lowest BCUT2D eigenvalue weighted by Gasteiger charge is -2.13. The van der Waals surface area contributed by atoms with Gasteiger partial charge in [0.25, 0.3) is 11.6 Å². The first-order chi connectivity index (χ1) is 9.73. The molecule has 0 radical (unpaired) electrons. The van der Waals surface area contributed by atoms with Crippen molar-refractivity contribution in [3.63, 3.8) is 0 Å². The molecule has 6 nitrogen and oxygen atoms in total. The maximum absolute atomic E-state index is 12.0. The van der Waals surface area contributed by atoms with Crippen LogP contribution in [0.25, 0.3) is 0 Å². The Kier molecular flexibility index (Phi) is 5.58. The SMILES string of the molecule is Cc1ccc(C(=O)NN=C(C(C)C)C(C)C)cc1[N+](=O)[O-]. The number of nitro groups is 1. The highest BCUT2D eigenvalue weighted by Gasteiger charge is 2.16. The summed E-state index contributed by atoms with van der Waals surface area (Å²) in [4.78, 5) is 22.4. The lowest BCUT2D eigenvalue weighted by atomic mass is 9.98. The van der Waals surface area contributed by atoms with E-state index in [1.54, 1.807) is 19.1 Å². The van der Waals surface area contributed by atoms with Gasteiger partial charge in [-0.2, -0.15) is 5.10 Å². The lowest BCUT2D eigenvalue weighted by molar-refractivity contribution is -0.385. The second-order valence-electron chi connectivity index (χ2n) is 5.55. The van der Waals surface area contributed by atoms with E-state index in [-0.39, 0.29) is 23.1 Å². The monoisotopic (exact) mass is 291 g/mol. The van der Waals surface area contributed by atoms with Crippen LogP contribution in [0.1, 0.15) is 43.6 Å². The number of carbonyl (C=O) groups excluding carboxylic acids is 1. The maximum Gasteiger partial charge on any atom is 0.273 e. The Morgan fingerprint density at radius 1 is 1.24 bits per heavy atom. The molecule has 21 heavy (non-hydrogen) atoms. The van der Waals surface area contributed by atoms with E-state index in [2.05, 4.69) is 10.5 Å². The number of amides is 1. The van der Waals surface area contributed by atoms with Crippen LogP contribution in [0.4, 0.5) is 5.69 Å². The molecule has 1 aromatic carbocycles. The second-order valence-corrected chi connectivity index (χ2v) is 5.55. The molecule has 1 N–H and O–H groups in total. The average molecular weight is 291 g/mol. The molecule has 0 saturated carbocycles. The number of benzene rings is 1. The van der Waals surface area contributed by atoms with E-state index in [9.17, 15) is 14.9 Å². The number of rotatable bonds is 5. The van der Waals surface area contributed by atoms with Gasteiger partial charge >= 0.3 is 0 Å². The first kappa shape index (κ1) is 16.8. The molecule has 1 aromatic rings. The van der Waals surface area contributed by atoms with Gasteiger partial charge in [0.1, 0.15) is 0 Å². The molecule has 0 heterocycles. The fourth-order valence-corrected chi connectivity index (χ4v) is 2.05. The summed E-state index contributed by atoms with van der Waals surface area (Å²) in [7, 11) is 0. The summed E-state index contributed by atoms with van der Waals surface area (Å²) >= 11 is 0. The summed E-state index contributed by atoms with van der Waals surface area (Å²) in [6.45, 7) is 9.64. The molecule has 0 aromatic heterocycles. The van der Waals surface area contributed by atoms with Crippen molar-refractivity contribution in [1.82, 2.24) is 5.43 Å². The fourth-order valence-electron chi connectivity index (χ4n) is 2.05. The number of nitrogens with zero attached hydrogens (tertiary/aromatic N) is 2. The zero-order valence-corrected chi connectivity index (χ0v) is 13.0. The summed E-state index contributed by atoms with van der Waals surface area (Å²) in [6, 6.07) is 4.38. The number of hydrogen-bond acceptors (Lipinski definition) is 4. The zero-order chi connectivity index (χ0) is 16.2. The van der Waals surface area contributed by atoms with Crippen LogP contribution in [0.5, 0.6) is 0 Å². The molecule has 0 aliphatic rings. The van der Waals surface area contributed by atoms with Crippen LogP contribution < -0.4 is 5.43 Å². The molecule has 0 aliphatic carbocycles. The van der Waals surface area contributed by atoms with E-state index in [4.69, 9.17) is 0 Å². The number of hydrogen-bond donors (Lipinski definition) is 1. The Bertz CT molecular complexity index is 568. The minimum absolute atomic E-state index is 0.0698. The fraction of sp³-hybridized carbons (Fsp3) is 0.467. The van der Waals surface area contributed by atoms with Crippen molar-refractivity contribution in [1.29, 1.82) is 0 Å². The third-order valence-electron chi connectivity index (χ3n) is 3.14. The minimum atomic E-state index is -0.497. The largest absolute Gasteiger partial charge is 0.273 e. The van der Waals surface area contributed by atoms with Gasteiger partial charge in [-0.3, -0.25) is 14.9 Å². The zero-order valence-electron chi connectivity index (χ0n) is 13.0. The molecule has 0 atom stereocenters. The smallest absolute Gasteiger partial charge is 0.267 e. The van der Waals surface area contributed by atoms with E-state index < -0.39 is 10.8 Å². The Balaban J connectivity index is 2.97. The van der Waals surface area contributed by atoms with Crippen LogP contribution in [0.3, 0.4) is 0 Å². The van der Waals surface area contributed by atoms with Crippen molar-refractivity contribution >= 4 is 17.3 Å². The van der Waals surface area contributed by atoms with Crippen LogP contribution in [-0.2, 0) is 0 Å². The normalized spacial score (nSPS) is 10.6. The van der Waals surface area contributed by atoms with Crippen LogP contribution in [0, 0.1) is 28.9 Å². The predicted molar refractivity (Wildman–Crippen MR) is 82.4 cm³/mol. The molecule has 1 rings (SSSR count). The summed E-state index contributed by atoms with van der Waals surface area (Å²) in [5.74, 6) is -0.00721. The highest BCUT2D eigenvalue weighted by molar-refractivity contribution is 5.96. The molecule has 0 unspecified atom stereocenters. The van der Waals surface area contributed by atoms with Crippen molar-refractivity contribution in [2.75, 3.05) is 0 Å². The number of hydrazone groups is 1. The molecule has 0 fully saturated rings. The van der Waals surface area contributed by atoms with Gasteiger partial charge in [-0.15, -0.1) is 0 Å². The highest BCUT2D eigenvalue weighted by Crippen LogP contribution is 2.19. The van der Waals surface area contributed by atoms with E-state index in [1.165, 1.54) is 6.07 Å². The van der Waals surface area contributed by atoms with Crippen LogP contribution in [0.2, 0.25) is 0 Å². The molecule has 1 amide bonds. The summed E-state index contributed by atoms with van der Waals surface area (Å²) in [5, 5.41) is 15.0. The predicted octanol–water partition coefficient (Wildman–Crippen LogP) is 3.30. The summed E-state index contributed by atoms with van der Waals surface area (Å²) in [6.07, 6.45) is 0. The number of aryl methyl sites for hydroxylation is 1. The van der Waals surface area contributed by atoms with E-state index in [0.29, 0.717) is 5.56 Å². The van der Waals surface area contributed by atoms with E-state index in [1.807, 2.05) is 27.7 Å². The van der Waals surface area contributed by atoms with E-state index >= 15 is 0 Å². The Morgan fingerprint density at radius 3 is 2.29 bits per heavy atom. The van der Waals surface area contributed by atoms with Crippen molar-refractivity contribution in [2.45, 2.75) is 34.6 Å². The Labute approximate surface area is 124 Å². The number of nitrogens with one attached hydrogen (secondary N) is 1. The maximum atomic E-state index is 12.0. The molecule has 0 saturated heterocycles. The first-order valence-corrected chi connectivity index (χ1v) is 6.86. The van der Waals surface area contributed by atoms with Crippen molar-refractivity contribution in [2.24, 2.45) is 16.9 Å². The lowest BCUT2D eigenvalue weighted by Crippen LogP contribution is -2.24.